The number of thiophene rings is 1. The fourth-order valence-corrected chi connectivity index (χ4v) is 2.85. The highest BCUT2D eigenvalue weighted by atomic mass is 32.1. The van der Waals surface area contributed by atoms with Crippen molar-refractivity contribution >= 4 is 35.2 Å². The SMILES string of the molecule is CCN1CCN(C(=O)NC(C(=O)O)c2cccs2)C(=O)C1=O. The molecule has 1 atom stereocenters. The van der Waals surface area contributed by atoms with Gasteiger partial charge in [0.25, 0.3) is 0 Å². The van der Waals surface area contributed by atoms with Crippen LogP contribution in [0.2, 0.25) is 0 Å². The van der Waals surface area contributed by atoms with Crippen molar-refractivity contribution in [3.63, 3.8) is 0 Å². The van der Waals surface area contributed by atoms with E-state index in [-0.39, 0.29) is 13.1 Å². The molecule has 0 aliphatic carbocycles. The molecule has 1 aliphatic heterocycles. The molecule has 0 spiro atoms. The lowest BCUT2D eigenvalue weighted by Gasteiger charge is -2.32. The molecule has 8 nitrogen and oxygen atoms in total. The summed E-state index contributed by atoms with van der Waals surface area (Å²) in [6, 6.07) is 1.11. The number of amides is 4. The van der Waals surface area contributed by atoms with E-state index < -0.39 is 29.9 Å². The standard InChI is InChI=1S/C13H15N3O5S/c1-2-15-5-6-16(11(18)10(15)17)13(21)14-9(12(19)20)8-4-3-7-22-8/h3-4,7,9H,2,5-6H2,1H3,(H,14,21)(H,19,20). The minimum atomic E-state index is -1.25. The number of piperazine rings is 1. The number of aliphatic carboxylic acids is 1. The van der Waals surface area contributed by atoms with Crippen molar-refractivity contribution in [3.8, 4) is 0 Å². The smallest absolute Gasteiger partial charge is 0.331 e. The number of carboxylic acid groups (broad SMARTS) is 1. The second-order valence-corrected chi connectivity index (χ2v) is 5.56. The number of hydrogen-bond acceptors (Lipinski definition) is 5. The Labute approximate surface area is 130 Å². The minimum Gasteiger partial charge on any atom is -0.479 e. The first-order valence-corrected chi connectivity index (χ1v) is 7.51. The highest BCUT2D eigenvalue weighted by Crippen LogP contribution is 2.19. The number of nitrogens with one attached hydrogen (secondary N) is 1. The molecule has 9 heteroatoms. The van der Waals surface area contributed by atoms with Gasteiger partial charge in [-0.15, -0.1) is 11.3 Å². The van der Waals surface area contributed by atoms with Crippen LogP contribution in [-0.2, 0) is 14.4 Å². The maximum Gasteiger partial charge on any atom is 0.331 e. The van der Waals surface area contributed by atoms with Crippen LogP contribution in [0.4, 0.5) is 4.79 Å². The fraction of sp³-hybridized carbons (Fsp3) is 0.385. The van der Waals surface area contributed by atoms with E-state index in [0.29, 0.717) is 11.4 Å². The molecule has 0 bridgehead atoms. The van der Waals surface area contributed by atoms with Gasteiger partial charge < -0.3 is 15.3 Å². The highest BCUT2D eigenvalue weighted by molar-refractivity contribution is 7.10. The molecule has 1 aliphatic rings. The van der Waals surface area contributed by atoms with Gasteiger partial charge in [-0.1, -0.05) is 6.07 Å². The molecule has 1 aromatic heterocycles. The summed E-state index contributed by atoms with van der Waals surface area (Å²) in [5.74, 6) is -2.94. The van der Waals surface area contributed by atoms with Crippen LogP contribution < -0.4 is 5.32 Å². The van der Waals surface area contributed by atoms with E-state index in [0.717, 1.165) is 4.90 Å². The molecular formula is C13H15N3O5S. The van der Waals surface area contributed by atoms with Crippen molar-refractivity contribution in [1.29, 1.82) is 0 Å². The minimum absolute atomic E-state index is 0.0427. The summed E-state index contributed by atoms with van der Waals surface area (Å²) in [5.41, 5.74) is 0. The summed E-state index contributed by atoms with van der Waals surface area (Å²) in [6.07, 6.45) is 0. The Morgan fingerprint density at radius 2 is 2.09 bits per heavy atom. The van der Waals surface area contributed by atoms with E-state index >= 15 is 0 Å². The number of likely N-dealkylation sites (N-methyl/N-ethyl adjacent to an activating group) is 1. The first-order chi connectivity index (χ1) is 10.5. The second kappa shape index (κ2) is 6.56. The molecule has 0 saturated carbocycles. The van der Waals surface area contributed by atoms with E-state index in [1.807, 2.05) is 0 Å². The van der Waals surface area contributed by atoms with Crippen molar-refractivity contribution in [1.82, 2.24) is 15.1 Å². The van der Waals surface area contributed by atoms with Crippen molar-refractivity contribution in [3.05, 3.63) is 22.4 Å². The highest BCUT2D eigenvalue weighted by Gasteiger charge is 2.37. The Kier molecular flexibility index (Phi) is 4.76. The van der Waals surface area contributed by atoms with Crippen molar-refractivity contribution in [2.45, 2.75) is 13.0 Å². The van der Waals surface area contributed by atoms with Crippen LogP contribution in [0.5, 0.6) is 0 Å². The van der Waals surface area contributed by atoms with Crippen LogP contribution in [0.1, 0.15) is 17.8 Å². The molecule has 0 aromatic carbocycles. The molecular weight excluding hydrogens is 310 g/mol. The monoisotopic (exact) mass is 325 g/mol. The Morgan fingerprint density at radius 1 is 1.36 bits per heavy atom. The van der Waals surface area contributed by atoms with Gasteiger partial charge >= 0.3 is 23.8 Å². The van der Waals surface area contributed by atoms with Gasteiger partial charge in [0, 0.05) is 24.5 Å². The number of imide groups is 1. The summed E-state index contributed by atoms with van der Waals surface area (Å²) in [5, 5.41) is 13.2. The summed E-state index contributed by atoms with van der Waals surface area (Å²) < 4.78 is 0. The molecule has 22 heavy (non-hydrogen) atoms. The molecule has 2 rings (SSSR count). The van der Waals surface area contributed by atoms with E-state index in [2.05, 4.69) is 5.32 Å². The maximum absolute atomic E-state index is 12.1. The Balaban J connectivity index is 2.10. The van der Waals surface area contributed by atoms with Crippen LogP contribution in [-0.4, -0.2) is 58.4 Å². The normalized spacial score (nSPS) is 16.6. The van der Waals surface area contributed by atoms with Gasteiger partial charge in [-0.05, 0) is 18.4 Å². The third kappa shape index (κ3) is 3.08. The Hall–Kier alpha value is -2.42. The number of rotatable bonds is 4. The van der Waals surface area contributed by atoms with E-state index in [9.17, 15) is 24.3 Å². The van der Waals surface area contributed by atoms with E-state index in [1.165, 1.54) is 16.2 Å². The summed E-state index contributed by atoms with van der Waals surface area (Å²) in [4.78, 5) is 49.6. The Morgan fingerprint density at radius 3 is 2.64 bits per heavy atom. The Bertz CT molecular complexity index is 601. The number of urea groups is 1. The molecule has 1 unspecified atom stereocenters. The van der Waals surface area contributed by atoms with Gasteiger partial charge in [0.2, 0.25) is 0 Å². The van der Waals surface area contributed by atoms with Gasteiger partial charge in [-0.25, -0.2) is 9.59 Å². The van der Waals surface area contributed by atoms with Gasteiger partial charge in [0.1, 0.15) is 0 Å². The van der Waals surface area contributed by atoms with Gasteiger partial charge in [-0.2, -0.15) is 0 Å². The zero-order valence-electron chi connectivity index (χ0n) is 11.8. The lowest BCUT2D eigenvalue weighted by atomic mass is 10.2. The van der Waals surface area contributed by atoms with Crippen LogP contribution in [0, 0.1) is 0 Å². The summed E-state index contributed by atoms with van der Waals surface area (Å²) >= 11 is 1.18. The molecule has 118 valence electrons. The van der Waals surface area contributed by atoms with Crippen LogP contribution in [0.15, 0.2) is 17.5 Å². The molecule has 4 amide bonds. The molecule has 2 heterocycles. The topological polar surface area (TPSA) is 107 Å². The molecule has 0 radical (unpaired) electrons. The van der Waals surface area contributed by atoms with Crippen LogP contribution in [0.25, 0.3) is 0 Å². The molecule has 1 aromatic rings. The molecule has 1 saturated heterocycles. The first kappa shape index (κ1) is 16.0. The third-order valence-electron chi connectivity index (χ3n) is 3.28. The fourth-order valence-electron chi connectivity index (χ4n) is 2.08. The predicted octanol–water partition coefficient (Wildman–Crippen LogP) is 0.274. The van der Waals surface area contributed by atoms with Crippen molar-refractivity contribution in [2.24, 2.45) is 0 Å². The van der Waals surface area contributed by atoms with Crippen LogP contribution in [0.3, 0.4) is 0 Å². The van der Waals surface area contributed by atoms with E-state index in [4.69, 9.17) is 0 Å². The average Bonchev–Trinajstić information content (AvgIpc) is 3.00. The predicted molar refractivity (Wildman–Crippen MR) is 77.2 cm³/mol. The quantitative estimate of drug-likeness (QED) is 0.773. The van der Waals surface area contributed by atoms with Crippen molar-refractivity contribution in [2.75, 3.05) is 19.6 Å². The average molecular weight is 325 g/mol. The van der Waals surface area contributed by atoms with Gasteiger partial charge in [0.05, 0.1) is 0 Å². The molecule has 1 fully saturated rings. The number of carbonyl (C=O) groups excluding carboxylic acids is 3. The zero-order chi connectivity index (χ0) is 16.3. The molecule has 2 N–H and O–H groups in total. The third-order valence-corrected chi connectivity index (χ3v) is 4.22. The summed E-state index contributed by atoms with van der Waals surface area (Å²) in [7, 11) is 0. The zero-order valence-corrected chi connectivity index (χ0v) is 12.6. The van der Waals surface area contributed by atoms with Gasteiger partial charge in [-0.3, -0.25) is 14.5 Å². The lowest BCUT2D eigenvalue weighted by molar-refractivity contribution is -0.153. The maximum atomic E-state index is 12.1. The number of nitrogens with zero attached hydrogens (tertiary/aromatic N) is 2. The number of carboxylic acids is 1. The van der Waals surface area contributed by atoms with Crippen LogP contribution >= 0.6 is 11.3 Å². The number of hydrogen-bond donors (Lipinski definition) is 2. The van der Waals surface area contributed by atoms with E-state index in [1.54, 1.807) is 24.4 Å². The first-order valence-electron chi connectivity index (χ1n) is 6.63. The summed E-state index contributed by atoms with van der Waals surface area (Å²) in [6.45, 7) is 2.40. The second-order valence-electron chi connectivity index (χ2n) is 4.58. The lowest BCUT2D eigenvalue weighted by Crippen LogP contribution is -2.58. The number of carbonyl (C=O) groups is 4. The van der Waals surface area contributed by atoms with Gasteiger partial charge in [0.15, 0.2) is 6.04 Å². The largest absolute Gasteiger partial charge is 0.479 e. The van der Waals surface area contributed by atoms with Crippen molar-refractivity contribution < 1.29 is 24.3 Å².